The van der Waals surface area contributed by atoms with Gasteiger partial charge >= 0.3 is 0 Å². The minimum atomic E-state index is -0.217. The largest absolute Gasteiger partial charge is 0.346 e. The standard InChI is InChI=1S/C26H24N4O2/c31-25(23-15-13-17-7-1-3-9-19(17)27-23)29-21-11-5-6-12-22(21)30-26(32)24-16-14-18-8-2-4-10-20(18)28-24/h1-4,7-10,13-16,21-22H,5-6,11-12H2,(H,29,31)(H,30,32)/t21-,22-/m1/s1. The molecule has 2 atom stereocenters. The predicted octanol–water partition coefficient (Wildman–Crippen LogP) is 4.25. The van der Waals surface area contributed by atoms with Gasteiger partial charge in [-0.15, -0.1) is 0 Å². The van der Waals surface area contributed by atoms with Crippen LogP contribution < -0.4 is 10.6 Å². The number of amides is 2. The van der Waals surface area contributed by atoms with Crippen molar-refractivity contribution in [3.05, 3.63) is 84.2 Å². The fourth-order valence-electron chi connectivity index (χ4n) is 4.35. The van der Waals surface area contributed by atoms with Crippen LogP contribution in [-0.2, 0) is 0 Å². The van der Waals surface area contributed by atoms with E-state index in [-0.39, 0.29) is 23.9 Å². The normalized spacial score (nSPS) is 18.4. The van der Waals surface area contributed by atoms with E-state index in [9.17, 15) is 9.59 Å². The number of benzene rings is 2. The van der Waals surface area contributed by atoms with Crippen LogP contribution in [0.15, 0.2) is 72.8 Å². The van der Waals surface area contributed by atoms with Crippen LogP contribution in [0.1, 0.15) is 46.7 Å². The topological polar surface area (TPSA) is 84.0 Å². The molecule has 0 bridgehead atoms. The number of pyridine rings is 2. The van der Waals surface area contributed by atoms with Crippen molar-refractivity contribution in [3.63, 3.8) is 0 Å². The summed E-state index contributed by atoms with van der Waals surface area (Å²) >= 11 is 0. The first-order valence-corrected chi connectivity index (χ1v) is 11.0. The van der Waals surface area contributed by atoms with Crippen LogP contribution in [0.5, 0.6) is 0 Å². The van der Waals surface area contributed by atoms with Gasteiger partial charge in [0.05, 0.1) is 11.0 Å². The summed E-state index contributed by atoms with van der Waals surface area (Å²) in [6, 6.07) is 22.4. The number of nitrogens with zero attached hydrogens (tertiary/aromatic N) is 2. The molecule has 2 aromatic heterocycles. The number of para-hydroxylation sites is 2. The molecule has 1 saturated carbocycles. The minimum Gasteiger partial charge on any atom is -0.346 e. The third-order valence-corrected chi connectivity index (χ3v) is 6.06. The van der Waals surface area contributed by atoms with Gasteiger partial charge in [-0.1, -0.05) is 61.4 Å². The second-order valence-electron chi connectivity index (χ2n) is 8.22. The maximum absolute atomic E-state index is 12.9. The Labute approximate surface area is 186 Å². The molecule has 6 heteroatoms. The molecule has 2 amide bonds. The summed E-state index contributed by atoms with van der Waals surface area (Å²) in [5.41, 5.74) is 2.35. The molecular weight excluding hydrogens is 400 g/mol. The highest BCUT2D eigenvalue weighted by Crippen LogP contribution is 2.20. The Morgan fingerprint density at radius 1 is 0.625 bits per heavy atom. The van der Waals surface area contributed by atoms with Crippen LogP contribution in [0.3, 0.4) is 0 Å². The van der Waals surface area contributed by atoms with Crippen LogP contribution in [0.25, 0.3) is 21.8 Å². The highest BCUT2D eigenvalue weighted by atomic mass is 16.2. The molecule has 5 rings (SSSR count). The molecule has 6 nitrogen and oxygen atoms in total. The summed E-state index contributed by atoms with van der Waals surface area (Å²) in [4.78, 5) is 34.8. The van der Waals surface area contributed by atoms with Crippen molar-refractivity contribution >= 4 is 33.6 Å². The zero-order chi connectivity index (χ0) is 21.9. The first kappa shape index (κ1) is 20.1. The van der Waals surface area contributed by atoms with Crippen molar-refractivity contribution in [3.8, 4) is 0 Å². The van der Waals surface area contributed by atoms with Gasteiger partial charge < -0.3 is 10.6 Å². The number of nitrogens with one attached hydrogen (secondary N) is 2. The molecule has 0 aliphatic heterocycles. The van der Waals surface area contributed by atoms with E-state index in [1.807, 2.05) is 60.7 Å². The number of fused-ring (bicyclic) bond motifs is 2. The van der Waals surface area contributed by atoms with E-state index in [0.717, 1.165) is 47.5 Å². The molecule has 0 saturated heterocycles. The summed E-state index contributed by atoms with van der Waals surface area (Å²) in [7, 11) is 0. The van der Waals surface area contributed by atoms with E-state index in [2.05, 4.69) is 20.6 Å². The molecule has 160 valence electrons. The van der Waals surface area contributed by atoms with Gasteiger partial charge in [0, 0.05) is 22.9 Å². The molecule has 1 aliphatic carbocycles. The Morgan fingerprint density at radius 3 is 1.53 bits per heavy atom. The summed E-state index contributed by atoms with van der Waals surface area (Å²) in [5.74, 6) is -0.434. The summed E-state index contributed by atoms with van der Waals surface area (Å²) in [6.45, 7) is 0. The van der Waals surface area contributed by atoms with Gasteiger partial charge in [0.1, 0.15) is 11.4 Å². The zero-order valence-corrected chi connectivity index (χ0v) is 17.6. The summed E-state index contributed by atoms with van der Waals surface area (Å²) in [6.07, 6.45) is 3.65. The predicted molar refractivity (Wildman–Crippen MR) is 124 cm³/mol. The second kappa shape index (κ2) is 8.75. The van der Waals surface area contributed by atoms with Gasteiger partial charge in [-0.3, -0.25) is 9.59 Å². The number of carbonyl (C=O) groups is 2. The third-order valence-electron chi connectivity index (χ3n) is 6.06. The number of rotatable bonds is 4. The highest BCUT2D eigenvalue weighted by molar-refractivity contribution is 5.96. The Kier molecular flexibility index (Phi) is 5.50. The molecule has 0 spiro atoms. The van der Waals surface area contributed by atoms with Crippen molar-refractivity contribution < 1.29 is 9.59 Å². The summed E-state index contributed by atoms with van der Waals surface area (Å²) < 4.78 is 0. The lowest BCUT2D eigenvalue weighted by atomic mass is 9.90. The van der Waals surface area contributed by atoms with Gasteiger partial charge in [-0.05, 0) is 37.1 Å². The van der Waals surface area contributed by atoms with E-state index in [4.69, 9.17) is 0 Å². The molecule has 2 heterocycles. The minimum absolute atomic E-state index is 0.145. The Balaban J connectivity index is 1.30. The molecule has 1 aliphatic rings. The van der Waals surface area contributed by atoms with Crippen molar-refractivity contribution in [2.24, 2.45) is 0 Å². The van der Waals surface area contributed by atoms with Crippen LogP contribution in [0.2, 0.25) is 0 Å². The lowest BCUT2D eigenvalue weighted by molar-refractivity contribution is 0.0858. The first-order valence-electron chi connectivity index (χ1n) is 11.0. The fraction of sp³-hybridized carbons (Fsp3) is 0.231. The maximum atomic E-state index is 12.9. The van der Waals surface area contributed by atoms with E-state index in [1.165, 1.54) is 0 Å². The van der Waals surface area contributed by atoms with Crippen LogP contribution >= 0.6 is 0 Å². The summed E-state index contributed by atoms with van der Waals surface area (Å²) in [5, 5.41) is 8.19. The lowest BCUT2D eigenvalue weighted by Gasteiger charge is -2.32. The van der Waals surface area contributed by atoms with E-state index < -0.39 is 0 Å². The van der Waals surface area contributed by atoms with Gasteiger partial charge in [-0.2, -0.15) is 0 Å². The van der Waals surface area contributed by atoms with Gasteiger partial charge in [0.15, 0.2) is 0 Å². The number of aromatic nitrogens is 2. The van der Waals surface area contributed by atoms with Gasteiger partial charge in [0.2, 0.25) is 0 Å². The second-order valence-corrected chi connectivity index (χ2v) is 8.22. The van der Waals surface area contributed by atoms with Crippen molar-refractivity contribution in [2.45, 2.75) is 37.8 Å². The monoisotopic (exact) mass is 424 g/mol. The Bertz CT molecular complexity index is 1200. The van der Waals surface area contributed by atoms with Crippen molar-refractivity contribution in [1.82, 2.24) is 20.6 Å². The van der Waals surface area contributed by atoms with Crippen LogP contribution in [0.4, 0.5) is 0 Å². The van der Waals surface area contributed by atoms with E-state index >= 15 is 0 Å². The van der Waals surface area contributed by atoms with Crippen molar-refractivity contribution in [2.75, 3.05) is 0 Å². The number of hydrogen-bond acceptors (Lipinski definition) is 4. The quantitative estimate of drug-likeness (QED) is 0.513. The van der Waals surface area contributed by atoms with Gasteiger partial charge in [-0.25, -0.2) is 9.97 Å². The fourth-order valence-corrected chi connectivity index (χ4v) is 4.35. The van der Waals surface area contributed by atoms with E-state index in [1.54, 1.807) is 12.1 Å². The van der Waals surface area contributed by atoms with Gasteiger partial charge in [0.25, 0.3) is 11.8 Å². The SMILES string of the molecule is O=C(N[C@@H]1CCCC[C@H]1NC(=O)c1ccc2ccccc2n1)c1ccc2ccccc2n1. The first-order chi connectivity index (χ1) is 15.7. The van der Waals surface area contributed by atoms with Crippen molar-refractivity contribution in [1.29, 1.82) is 0 Å². The third kappa shape index (κ3) is 4.17. The lowest BCUT2D eigenvalue weighted by Crippen LogP contribution is -2.53. The number of carbonyl (C=O) groups excluding carboxylic acids is 2. The Hall–Kier alpha value is -3.80. The Morgan fingerprint density at radius 2 is 1.06 bits per heavy atom. The average Bonchev–Trinajstić information content (AvgIpc) is 2.84. The smallest absolute Gasteiger partial charge is 0.270 e. The van der Waals surface area contributed by atoms with Crippen LogP contribution in [-0.4, -0.2) is 33.9 Å². The zero-order valence-electron chi connectivity index (χ0n) is 17.6. The molecule has 4 aromatic rings. The molecule has 0 radical (unpaired) electrons. The molecule has 0 unspecified atom stereocenters. The average molecular weight is 425 g/mol. The molecule has 2 aromatic carbocycles. The molecule has 32 heavy (non-hydrogen) atoms. The highest BCUT2D eigenvalue weighted by Gasteiger charge is 2.29. The molecular formula is C26H24N4O2. The molecule has 2 N–H and O–H groups in total. The number of hydrogen-bond donors (Lipinski definition) is 2. The van der Waals surface area contributed by atoms with E-state index in [0.29, 0.717) is 11.4 Å². The van der Waals surface area contributed by atoms with Crippen LogP contribution in [0, 0.1) is 0 Å². The molecule has 1 fully saturated rings. The maximum Gasteiger partial charge on any atom is 0.270 e.